The van der Waals surface area contributed by atoms with Gasteiger partial charge in [0, 0.05) is 34.0 Å². The van der Waals surface area contributed by atoms with Crippen molar-refractivity contribution in [1.82, 2.24) is 9.97 Å². The Hall–Kier alpha value is -2.99. The molecule has 4 rings (SSSR count). The van der Waals surface area contributed by atoms with Crippen molar-refractivity contribution < 1.29 is 14.3 Å². The first-order valence-electron chi connectivity index (χ1n) is 8.05. The summed E-state index contributed by atoms with van der Waals surface area (Å²) in [7, 11) is 0. The number of rotatable bonds is 4. The van der Waals surface area contributed by atoms with E-state index >= 15 is 0 Å². The number of aromatic carboxylic acids is 1. The van der Waals surface area contributed by atoms with Gasteiger partial charge < -0.3 is 10.1 Å². The topological polar surface area (TPSA) is 66.0 Å². The SMILES string of the molecule is Cc1cc2c(Cc3cccc(C(=O)O)n3)c(-c3ccsc3)[nH]c2cc1F. The maximum absolute atomic E-state index is 14.0. The highest BCUT2D eigenvalue weighted by molar-refractivity contribution is 7.08. The third-order valence-corrected chi connectivity index (χ3v) is 5.06. The standard InChI is InChI=1S/C20H15FN2O2S/c1-11-7-14-15(8-13-3-2-4-17(22-13)20(24)25)19(12-5-6-26-10-12)23-18(14)9-16(11)21/h2-7,9-10,23H,8H2,1H3,(H,24,25). The lowest BCUT2D eigenvalue weighted by molar-refractivity contribution is 0.0690. The number of hydrogen-bond acceptors (Lipinski definition) is 3. The lowest BCUT2D eigenvalue weighted by Gasteiger charge is -2.05. The van der Waals surface area contributed by atoms with E-state index in [9.17, 15) is 9.18 Å². The predicted octanol–water partition coefficient (Wildman–Crippen LogP) is 5.03. The van der Waals surface area contributed by atoms with Crippen LogP contribution in [0.25, 0.3) is 22.2 Å². The van der Waals surface area contributed by atoms with Crippen molar-refractivity contribution in [2.24, 2.45) is 0 Å². The van der Waals surface area contributed by atoms with E-state index in [1.165, 1.54) is 12.1 Å². The van der Waals surface area contributed by atoms with Gasteiger partial charge in [-0.05, 0) is 53.8 Å². The van der Waals surface area contributed by atoms with Gasteiger partial charge in [-0.15, -0.1) is 0 Å². The molecule has 0 bridgehead atoms. The van der Waals surface area contributed by atoms with Gasteiger partial charge in [0.1, 0.15) is 11.5 Å². The average molecular weight is 366 g/mol. The summed E-state index contributed by atoms with van der Waals surface area (Å²) in [5.41, 5.74) is 4.88. The van der Waals surface area contributed by atoms with Crippen LogP contribution in [0.3, 0.4) is 0 Å². The van der Waals surface area contributed by atoms with Crippen molar-refractivity contribution in [1.29, 1.82) is 0 Å². The summed E-state index contributed by atoms with van der Waals surface area (Å²) in [4.78, 5) is 18.7. The number of nitrogens with zero attached hydrogens (tertiary/aromatic N) is 1. The predicted molar refractivity (Wildman–Crippen MR) is 100 cm³/mol. The fourth-order valence-electron chi connectivity index (χ4n) is 3.09. The number of benzene rings is 1. The smallest absolute Gasteiger partial charge is 0.354 e. The lowest BCUT2D eigenvalue weighted by Crippen LogP contribution is -2.03. The number of H-pyrrole nitrogens is 1. The molecule has 0 radical (unpaired) electrons. The number of thiophene rings is 1. The second kappa shape index (κ2) is 6.38. The first kappa shape index (κ1) is 16.5. The van der Waals surface area contributed by atoms with Gasteiger partial charge in [0.15, 0.2) is 0 Å². The maximum Gasteiger partial charge on any atom is 0.354 e. The molecule has 0 atom stereocenters. The number of aromatic amines is 1. The van der Waals surface area contributed by atoms with E-state index < -0.39 is 5.97 Å². The zero-order valence-corrected chi connectivity index (χ0v) is 14.7. The number of carboxylic acid groups (broad SMARTS) is 1. The van der Waals surface area contributed by atoms with E-state index in [0.29, 0.717) is 17.7 Å². The van der Waals surface area contributed by atoms with Crippen LogP contribution in [0.4, 0.5) is 4.39 Å². The van der Waals surface area contributed by atoms with Gasteiger partial charge in [0.05, 0.1) is 5.69 Å². The summed E-state index contributed by atoms with van der Waals surface area (Å²) in [6, 6.07) is 10.3. The molecule has 0 unspecified atom stereocenters. The molecule has 3 aromatic heterocycles. The first-order valence-corrected chi connectivity index (χ1v) is 8.99. The molecule has 1 aromatic carbocycles. The monoisotopic (exact) mass is 366 g/mol. The minimum absolute atomic E-state index is 0.0154. The van der Waals surface area contributed by atoms with Crippen LogP contribution in [0.15, 0.2) is 47.2 Å². The molecule has 0 aliphatic carbocycles. The molecule has 0 fully saturated rings. The summed E-state index contributed by atoms with van der Waals surface area (Å²) < 4.78 is 14.0. The zero-order valence-electron chi connectivity index (χ0n) is 13.9. The van der Waals surface area contributed by atoms with Crippen LogP contribution in [-0.2, 0) is 6.42 Å². The number of hydrogen-bond donors (Lipinski definition) is 2. The largest absolute Gasteiger partial charge is 0.477 e. The molecule has 4 nitrogen and oxygen atoms in total. The number of halogens is 1. The van der Waals surface area contributed by atoms with Crippen LogP contribution in [-0.4, -0.2) is 21.0 Å². The Balaban J connectivity index is 1.89. The van der Waals surface area contributed by atoms with Gasteiger partial charge >= 0.3 is 5.97 Å². The van der Waals surface area contributed by atoms with Crippen LogP contribution in [0.1, 0.15) is 27.3 Å². The average Bonchev–Trinajstić information content (AvgIpc) is 3.25. The molecule has 2 N–H and O–H groups in total. The fourth-order valence-corrected chi connectivity index (χ4v) is 3.74. The van der Waals surface area contributed by atoms with Gasteiger partial charge in [-0.1, -0.05) is 6.07 Å². The fraction of sp³-hybridized carbons (Fsp3) is 0.100. The minimum Gasteiger partial charge on any atom is -0.477 e. The van der Waals surface area contributed by atoms with Gasteiger partial charge in [-0.3, -0.25) is 0 Å². The molecule has 6 heteroatoms. The van der Waals surface area contributed by atoms with Crippen LogP contribution in [0.5, 0.6) is 0 Å². The number of carboxylic acids is 1. The molecule has 0 saturated heterocycles. The number of aromatic nitrogens is 2. The summed E-state index contributed by atoms with van der Waals surface area (Å²) in [6.45, 7) is 1.74. The molecular formula is C20H15FN2O2S. The molecule has 4 aromatic rings. The van der Waals surface area contributed by atoms with Crippen molar-refractivity contribution in [3.8, 4) is 11.3 Å². The highest BCUT2D eigenvalue weighted by Crippen LogP contribution is 2.34. The highest BCUT2D eigenvalue weighted by Gasteiger charge is 2.17. The molecule has 130 valence electrons. The van der Waals surface area contributed by atoms with Crippen molar-refractivity contribution in [3.63, 3.8) is 0 Å². The maximum atomic E-state index is 14.0. The van der Waals surface area contributed by atoms with E-state index in [0.717, 1.165) is 27.7 Å². The Labute approximate surface area is 153 Å². The summed E-state index contributed by atoms with van der Waals surface area (Å²) in [6.07, 6.45) is 0.456. The molecule has 0 aliphatic rings. The zero-order chi connectivity index (χ0) is 18.3. The second-order valence-electron chi connectivity index (χ2n) is 6.13. The molecule has 0 aliphatic heterocycles. The van der Waals surface area contributed by atoms with Crippen LogP contribution < -0.4 is 0 Å². The number of aryl methyl sites for hydroxylation is 1. The third-order valence-electron chi connectivity index (χ3n) is 4.38. The van der Waals surface area contributed by atoms with Crippen LogP contribution in [0, 0.1) is 12.7 Å². The quantitative estimate of drug-likeness (QED) is 0.532. The van der Waals surface area contributed by atoms with E-state index in [-0.39, 0.29) is 11.5 Å². The Morgan fingerprint density at radius 3 is 2.88 bits per heavy atom. The van der Waals surface area contributed by atoms with Gasteiger partial charge in [0.25, 0.3) is 0 Å². The number of fused-ring (bicyclic) bond motifs is 1. The normalized spacial score (nSPS) is 11.2. The van der Waals surface area contributed by atoms with Gasteiger partial charge in [0.2, 0.25) is 0 Å². The number of pyridine rings is 1. The summed E-state index contributed by atoms with van der Waals surface area (Å²) in [5.74, 6) is -1.31. The number of carbonyl (C=O) groups is 1. The molecule has 3 heterocycles. The van der Waals surface area contributed by atoms with Crippen molar-refractivity contribution in [2.75, 3.05) is 0 Å². The highest BCUT2D eigenvalue weighted by atomic mass is 32.1. The number of nitrogens with one attached hydrogen (secondary N) is 1. The first-order chi connectivity index (χ1) is 12.5. The Morgan fingerprint density at radius 2 is 2.15 bits per heavy atom. The van der Waals surface area contributed by atoms with Crippen LogP contribution in [0.2, 0.25) is 0 Å². The third kappa shape index (κ3) is 2.88. The molecule has 26 heavy (non-hydrogen) atoms. The second-order valence-corrected chi connectivity index (χ2v) is 6.91. The summed E-state index contributed by atoms with van der Waals surface area (Å²) >= 11 is 1.58. The van der Waals surface area contributed by atoms with Crippen molar-refractivity contribution in [2.45, 2.75) is 13.3 Å². The van der Waals surface area contributed by atoms with Gasteiger partial charge in [-0.2, -0.15) is 11.3 Å². The van der Waals surface area contributed by atoms with E-state index in [1.807, 2.05) is 22.9 Å². The van der Waals surface area contributed by atoms with E-state index in [2.05, 4.69) is 9.97 Å². The van der Waals surface area contributed by atoms with E-state index in [1.54, 1.807) is 30.4 Å². The minimum atomic E-state index is -1.05. The van der Waals surface area contributed by atoms with Crippen molar-refractivity contribution in [3.05, 3.63) is 75.5 Å². The molecule has 0 spiro atoms. The molecule has 0 amide bonds. The van der Waals surface area contributed by atoms with E-state index in [4.69, 9.17) is 5.11 Å². The van der Waals surface area contributed by atoms with Crippen LogP contribution >= 0.6 is 11.3 Å². The van der Waals surface area contributed by atoms with Gasteiger partial charge in [-0.25, -0.2) is 14.2 Å². The molecular weight excluding hydrogens is 351 g/mol. The Bertz CT molecular complexity index is 1120. The summed E-state index contributed by atoms with van der Waals surface area (Å²) in [5, 5.41) is 14.1. The van der Waals surface area contributed by atoms with Crippen molar-refractivity contribution >= 4 is 28.2 Å². The lowest BCUT2D eigenvalue weighted by atomic mass is 10.0. The molecule has 0 saturated carbocycles. The Kier molecular flexibility index (Phi) is 4.05. The Morgan fingerprint density at radius 1 is 1.31 bits per heavy atom.